The van der Waals surface area contributed by atoms with E-state index in [-0.39, 0.29) is 12.1 Å². The average Bonchev–Trinajstić information content (AvgIpc) is 2.75. The maximum absolute atomic E-state index is 6.58. The summed E-state index contributed by atoms with van der Waals surface area (Å²) in [5.41, 5.74) is 11.2. The molecule has 1 saturated carbocycles. The maximum Gasteiger partial charge on any atom is 0.0950 e. The molecule has 0 heterocycles. The summed E-state index contributed by atoms with van der Waals surface area (Å²) in [6.07, 6.45) is 4.67. The van der Waals surface area contributed by atoms with E-state index in [1.165, 1.54) is 35.1 Å². The van der Waals surface area contributed by atoms with Gasteiger partial charge in [0.15, 0.2) is 0 Å². The van der Waals surface area contributed by atoms with Gasteiger partial charge in [0, 0.05) is 12.1 Å². The molecule has 4 rings (SSSR count). The van der Waals surface area contributed by atoms with Crippen LogP contribution >= 0.6 is 0 Å². The molecule has 0 bridgehead atoms. The van der Waals surface area contributed by atoms with Crippen LogP contribution in [-0.2, 0) is 5.54 Å². The van der Waals surface area contributed by atoms with Crippen LogP contribution < -0.4 is 11.1 Å². The minimum absolute atomic E-state index is 0.186. The normalized spacial score (nSPS) is 20.1. The molecule has 2 heteroatoms. The van der Waals surface area contributed by atoms with E-state index in [1.807, 2.05) is 0 Å². The van der Waals surface area contributed by atoms with Crippen molar-refractivity contribution in [2.75, 3.05) is 0 Å². The lowest BCUT2D eigenvalue weighted by Crippen LogP contribution is -2.56. The highest BCUT2D eigenvalue weighted by atomic mass is 15.0. The average molecular weight is 371 g/mol. The molecule has 1 aliphatic carbocycles. The minimum atomic E-state index is -0.421. The van der Waals surface area contributed by atoms with Gasteiger partial charge >= 0.3 is 0 Å². The Morgan fingerprint density at radius 3 is 1.75 bits per heavy atom. The molecular formula is C26H30N2. The predicted molar refractivity (Wildman–Crippen MR) is 117 cm³/mol. The highest BCUT2D eigenvalue weighted by Gasteiger charge is 2.39. The Morgan fingerprint density at radius 1 is 0.714 bits per heavy atom. The highest BCUT2D eigenvalue weighted by molar-refractivity contribution is 5.50. The Hall–Kier alpha value is -2.42. The van der Waals surface area contributed by atoms with Gasteiger partial charge in [-0.25, -0.2) is 0 Å². The van der Waals surface area contributed by atoms with Crippen LogP contribution in [0.5, 0.6) is 0 Å². The fourth-order valence-electron chi connectivity index (χ4n) is 4.55. The van der Waals surface area contributed by atoms with Gasteiger partial charge in [0.1, 0.15) is 0 Å². The molecule has 2 atom stereocenters. The highest BCUT2D eigenvalue weighted by Crippen LogP contribution is 2.38. The van der Waals surface area contributed by atoms with Gasteiger partial charge in [-0.15, -0.1) is 0 Å². The zero-order valence-electron chi connectivity index (χ0n) is 16.6. The number of benzene rings is 3. The third kappa shape index (κ3) is 3.63. The lowest BCUT2D eigenvalue weighted by atomic mass is 9.75. The van der Waals surface area contributed by atoms with Gasteiger partial charge in [-0.2, -0.15) is 0 Å². The van der Waals surface area contributed by atoms with Crippen LogP contribution in [0.4, 0.5) is 0 Å². The molecule has 3 N–H and O–H groups in total. The summed E-state index contributed by atoms with van der Waals surface area (Å²) >= 11 is 0. The van der Waals surface area contributed by atoms with Crippen molar-refractivity contribution in [2.24, 2.45) is 5.73 Å². The second kappa shape index (κ2) is 8.30. The lowest BCUT2D eigenvalue weighted by Gasteiger charge is -2.43. The first-order valence-corrected chi connectivity index (χ1v) is 10.4. The third-order valence-corrected chi connectivity index (χ3v) is 6.12. The van der Waals surface area contributed by atoms with E-state index in [1.54, 1.807) is 0 Å². The van der Waals surface area contributed by atoms with E-state index < -0.39 is 5.54 Å². The molecule has 2 nitrogen and oxygen atoms in total. The molecule has 3 aromatic carbocycles. The first-order valence-electron chi connectivity index (χ1n) is 10.4. The fourth-order valence-corrected chi connectivity index (χ4v) is 4.55. The molecule has 0 amide bonds. The number of nitrogens with two attached hydrogens (primary N) is 1. The van der Waals surface area contributed by atoms with Crippen LogP contribution in [0, 0.1) is 6.92 Å². The van der Waals surface area contributed by atoms with Gasteiger partial charge in [0.25, 0.3) is 0 Å². The van der Waals surface area contributed by atoms with Crippen molar-refractivity contribution in [1.82, 2.24) is 5.32 Å². The van der Waals surface area contributed by atoms with Crippen molar-refractivity contribution >= 4 is 0 Å². The third-order valence-electron chi connectivity index (χ3n) is 6.12. The Morgan fingerprint density at radius 2 is 1.21 bits per heavy atom. The second-order valence-corrected chi connectivity index (χ2v) is 8.05. The van der Waals surface area contributed by atoms with Crippen molar-refractivity contribution in [1.29, 1.82) is 0 Å². The summed E-state index contributed by atoms with van der Waals surface area (Å²) in [5.74, 6) is 0. The smallest absolute Gasteiger partial charge is 0.0950 e. The van der Waals surface area contributed by atoms with E-state index in [0.717, 1.165) is 12.8 Å². The molecule has 0 aliphatic heterocycles. The van der Waals surface area contributed by atoms with Gasteiger partial charge in [-0.05, 0) is 36.5 Å². The molecule has 0 aromatic heterocycles. The summed E-state index contributed by atoms with van der Waals surface area (Å²) in [6.45, 7) is 2.14. The van der Waals surface area contributed by atoms with E-state index in [2.05, 4.69) is 97.2 Å². The first-order chi connectivity index (χ1) is 13.7. The Bertz CT molecular complexity index is 832. The number of nitrogens with one attached hydrogen (secondary N) is 1. The maximum atomic E-state index is 6.58. The number of hydrogen-bond donors (Lipinski definition) is 2. The Balaban J connectivity index is 1.92. The van der Waals surface area contributed by atoms with E-state index in [0.29, 0.717) is 0 Å². The predicted octanol–water partition coefficient (Wildman–Crippen LogP) is 5.15. The first kappa shape index (κ1) is 18.9. The minimum Gasteiger partial charge on any atom is -0.326 e. The van der Waals surface area contributed by atoms with Crippen molar-refractivity contribution < 1.29 is 0 Å². The van der Waals surface area contributed by atoms with Gasteiger partial charge in [-0.1, -0.05) is 103 Å². The fraction of sp³-hybridized carbons (Fsp3) is 0.308. The van der Waals surface area contributed by atoms with Crippen LogP contribution in [-0.4, -0.2) is 12.1 Å². The zero-order valence-corrected chi connectivity index (χ0v) is 16.6. The second-order valence-electron chi connectivity index (χ2n) is 8.05. The molecule has 3 aromatic rings. The van der Waals surface area contributed by atoms with Gasteiger partial charge in [-0.3, -0.25) is 5.32 Å². The standard InChI is InChI=1S/C26H30N2/c1-20-16-18-23(19-17-20)26(21-10-4-2-5-11-21,22-12-6-3-7-13-22)28-25-15-9-8-14-24(25)27/h2-7,10-13,16-19,24-25,28H,8-9,14-15,27H2,1H3/t24-,25-/m1/s1. The van der Waals surface area contributed by atoms with E-state index >= 15 is 0 Å². The molecule has 0 unspecified atom stereocenters. The lowest BCUT2D eigenvalue weighted by molar-refractivity contribution is 0.280. The van der Waals surface area contributed by atoms with Crippen molar-refractivity contribution in [3.8, 4) is 0 Å². The molecule has 0 radical (unpaired) electrons. The van der Waals surface area contributed by atoms with Crippen LogP contribution in [0.15, 0.2) is 84.9 Å². The van der Waals surface area contributed by atoms with Crippen LogP contribution in [0.1, 0.15) is 47.9 Å². The van der Waals surface area contributed by atoms with E-state index in [4.69, 9.17) is 5.73 Å². The molecule has 1 fully saturated rings. The topological polar surface area (TPSA) is 38.0 Å². The van der Waals surface area contributed by atoms with Crippen LogP contribution in [0.25, 0.3) is 0 Å². The van der Waals surface area contributed by atoms with Gasteiger partial charge in [0.2, 0.25) is 0 Å². The molecule has 0 spiro atoms. The molecule has 28 heavy (non-hydrogen) atoms. The Kier molecular flexibility index (Phi) is 5.61. The largest absolute Gasteiger partial charge is 0.326 e. The Labute approximate surface area is 168 Å². The summed E-state index contributed by atoms with van der Waals surface area (Å²) in [5, 5.41) is 4.06. The molecule has 144 valence electrons. The number of rotatable bonds is 5. The summed E-state index contributed by atoms with van der Waals surface area (Å²) in [6, 6.07) is 31.0. The number of aryl methyl sites for hydroxylation is 1. The van der Waals surface area contributed by atoms with Crippen LogP contribution in [0.3, 0.4) is 0 Å². The zero-order chi connectivity index (χ0) is 19.4. The monoisotopic (exact) mass is 370 g/mol. The molecular weight excluding hydrogens is 340 g/mol. The SMILES string of the molecule is Cc1ccc(C(N[C@@H]2CCCC[C@H]2N)(c2ccccc2)c2ccccc2)cc1. The van der Waals surface area contributed by atoms with Gasteiger partial charge in [0.05, 0.1) is 5.54 Å². The van der Waals surface area contributed by atoms with Crippen LogP contribution in [0.2, 0.25) is 0 Å². The van der Waals surface area contributed by atoms with Crippen molar-refractivity contribution in [3.63, 3.8) is 0 Å². The molecule has 1 aliphatic rings. The van der Waals surface area contributed by atoms with Crippen molar-refractivity contribution in [3.05, 3.63) is 107 Å². The summed E-state index contributed by atoms with van der Waals surface area (Å²) in [7, 11) is 0. The molecule has 0 saturated heterocycles. The quantitative estimate of drug-likeness (QED) is 0.610. The summed E-state index contributed by atoms with van der Waals surface area (Å²) < 4.78 is 0. The van der Waals surface area contributed by atoms with Crippen molar-refractivity contribution in [2.45, 2.75) is 50.2 Å². The van der Waals surface area contributed by atoms with Gasteiger partial charge < -0.3 is 5.73 Å². The van der Waals surface area contributed by atoms with E-state index in [9.17, 15) is 0 Å². The summed E-state index contributed by atoms with van der Waals surface area (Å²) in [4.78, 5) is 0. The number of hydrogen-bond acceptors (Lipinski definition) is 2.